The van der Waals surface area contributed by atoms with E-state index in [1.165, 1.54) is 23.5 Å². The summed E-state index contributed by atoms with van der Waals surface area (Å²) in [6, 6.07) is 15.4. The molecule has 0 aliphatic rings. The van der Waals surface area contributed by atoms with Crippen molar-refractivity contribution in [3.63, 3.8) is 0 Å². The number of furan rings is 1. The number of carbonyl (C=O) groups excluding carboxylic acids is 1. The van der Waals surface area contributed by atoms with Crippen molar-refractivity contribution < 1.29 is 22.4 Å². The van der Waals surface area contributed by atoms with E-state index >= 15 is 0 Å². The third-order valence-corrected chi connectivity index (χ3v) is 6.92. The van der Waals surface area contributed by atoms with Crippen molar-refractivity contribution in [1.82, 2.24) is 4.98 Å². The smallest absolute Gasteiger partial charge is 0.227 e. The predicted octanol–water partition coefficient (Wildman–Crippen LogP) is 4.37. The number of benzene rings is 2. The molecular formula is C21H18N2O5S2. The van der Waals surface area contributed by atoms with Crippen molar-refractivity contribution in [3.8, 4) is 17.2 Å². The highest BCUT2D eigenvalue weighted by atomic mass is 32.2. The minimum absolute atomic E-state index is 0.156. The van der Waals surface area contributed by atoms with Crippen LogP contribution < -0.4 is 10.1 Å². The normalized spacial score (nSPS) is 11.5. The number of amides is 1. The Balaban J connectivity index is 1.41. The molecule has 7 nitrogen and oxygen atoms in total. The summed E-state index contributed by atoms with van der Waals surface area (Å²) in [4.78, 5) is 16.8. The van der Waals surface area contributed by atoms with E-state index in [-0.39, 0.29) is 17.1 Å². The summed E-state index contributed by atoms with van der Waals surface area (Å²) in [7, 11) is -1.91. The van der Waals surface area contributed by atoms with Crippen LogP contribution in [0, 0.1) is 0 Å². The lowest BCUT2D eigenvalue weighted by atomic mass is 10.2. The van der Waals surface area contributed by atoms with Crippen LogP contribution in [0.15, 0.2) is 69.3 Å². The number of nitrogens with zero attached hydrogens (tertiary/aromatic N) is 1. The number of fused-ring (bicyclic) bond motifs is 1. The molecule has 0 aliphatic carbocycles. The van der Waals surface area contributed by atoms with Crippen molar-refractivity contribution >= 4 is 43.2 Å². The van der Waals surface area contributed by atoms with E-state index < -0.39 is 15.7 Å². The average molecular weight is 443 g/mol. The first-order chi connectivity index (χ1) is 14.4. The van der Waals surface area contributed by atoms with Gasteiger partial charge in [0.05, 0.1) is 17.8 Å². The zero-order valence-electron chi connectivity index (χ0n) is 16.0. The van der Waals surface area contributed by atoms with Crippen molar-refractivity contribution in [2.45, 2.75) is 11.3 Å². The number of hydrogen-bond acceptors (Lipinski definition) is 7. The molecule has 1 N–H and O–H groups in total. The molecule has 0 aliphatic heterocycles. The number of nitrogens with one attached hydrogen (secondary N) is 1. The highest BCUT2D eigenvalue weighted by Crippen LogP contribution is 2.32. The van der Waals surface area contributed by atoms with Gasteiger partial charge < -0.3 is 14.5 Å². The van der Waals surface area contributed by atoms with Gasteiger partial charge in [0.1, 0.15) is 17.0 Å². The third-order valence-electron chi connectivity index (χ3n) is 4.43. The summed E-state index contributed by atoms with van der Waals surface area (Å²) in [5.74, 6) is 0.616. The summed E-state index contributed by atoms with van der Waals surface area (Å²) in [6.45, 7) is 0. The molecule has 2 aromatic carbocycles. The largest absolute Gasteiger partial charge is 0.497 e. The highest BCUT2D eigenvalue weighted by Gasteiger charge is 2.17. The molecule has 4 rings (SSSR count). The van der Waals surface area contributed by atoms with Gasteiger partial charge in [-0.3, -0.25) is 4.79 Å². The Morgan fingerprint density at radius 2 is 1.97 bits per heavy atom. The van der Waals surface area contributed by atoms with Crippen LogP contribution in [-0.2, 0) is 14.6 Å². The second-order valence-corrected chi connectivity index (χ2v) is 9.45. The standard InChI is InChI=1S/C21H18N2O5S2/c1-27-15-7-8-18-14(11-15)12-19(28-18)17-13-29-21(22-17)23-20(24)9-10-30(25,26)16-5-3-2-4-6-16/h2-8,11-13H,9-10H2,1H3,(H,22,23,24). The minimum atomic E-state index is -3.51. The number of hydrogen-bond donors (Lipinski definition) is 1. The topological polar surface area (TPSA) is 98.5 Å². The van der Waals surface area contributed by atoms with Crippen LogP contribution in [0.3, 0.4) is 0 Å². The fourth-order valence-corrected chi connectivity index (χ4v) is 4.85. The van der Waals surface area contributed by atoms with Gasteiger partial charge in [-0.2, -0.15) is 0 Å². The summed E-state index contributed by atoms with van der Waals surface area (Å²) in [5.41, 5.74) is 1.29. The van der Waals surface area contributed by atoms with Crippen molar-refractivity contribution in [2.75, 3.05) is 18.2 Å². The molecular weight excluding hydrogens is 424 g/mol. The lowest BCUT2D eigenvalue weighted by molar-refractivity contribution is -0.115. The van der Waals surface area contributed by atoms with Crippen LogP contribution in [-0.4, -0.2) is 32.2 Å². The van der Waals surface area contributed by atoms with E-state index in [4.69, 9.17) is 9.15 Å². The number of sulfone groups is 1. The monoisotopic (exact) mass is 442 g/mol. The molecule has 30 heavy (non-hydrogen) atoms. The molecule has 0 atom stereocenters. The van der Waals surface area contributed by atoms with Gasteiger partial charge in [-0.05, 0) is 36.4 Å². The molecule has 9 heteroatoms. The van der Waals surface area contributed by atoms with E-state index in [1.54, 1.807) is 30.7 Å². The van der Waals surface area contributed by atoms with Gasteiger partial charge >= 0.3 is 0 Å². The van der Waals surface area contributed by atoms with E-state index in [9.17, 15) is 13.2 Å². The van der Waals surface area contributed by atoms with Gasteiger partial charge in [0, 0.05) is 17.2 Å². The SMILES string of the molecule is COc1ccc2oc(-c3csc(NC(=O)CCS(=O)(=O)c4ccccc4)n3)cc2c1. The number of thiazole rings is 1. The maximum atomic E-state index is 12.3. The van der Waals surface area contributed by atoms with Crippen molar-refractivity contribution in [2.24, 2.45) is 0 Å². The molecule has 2 heterocycles. The van der Waals surface area contributed by atoms with Crippen LogP contribution in [0.25, 0.3) is 22.4 Å². The Labute approximate surface area is 177 Å². The Kier molecular flexibility index (Phi) is 5.56. The minimum Gasteiger partial charge on any atom is -0.497 e. The summed E-state index contributed by atoms with van der Waals surface area (Å²) in [5, 5.41) is 5.68. The van der Waals surface area contributed by atoms with Crippen LogP contribution in [0.2, 0.25) is 0 Å². The molecule has 2 aromatic heterocycles. The van der Waals surface area contributed by atoms with Crippen molar-refractivity contribution in [3.05, 3.63) is 60.0 Å². The quantitative estimate of drug-likeness (QED) is 0.456. The molecule has 0 fully saturated rings. The van der Waals surface area contributed by atoms with Gasteiger partial charge in [0.25, 0.3) is 0 Å². The molecule has 0 spiro atoms. The zero-order chi connectivity index (χ0) is 21.1. The van der Waals surface area contributed by atoms with Crippen LogP contribution in [0.1, 0.15) is 6.42 Å². The van der Waals surface area contributed by atoms with E-state index in [2.05, 4.69) is 10.3 Å². The summed E-state index contributed by atoms with van der Waals surface area (Å²) >= 11 is 1.24. The fourth-order valence-electron chi connectivity index (χ4n) is 2.87. The zero-order valence-corrected chi connectivity index (χ0v) is 17.6. The van der Waals surface area contributed by atoms with Gasteiger partial charge in [0.2, 0.25) is 5.91 Å². The third kappa shape index (κ3) is 4.37. The second-order valence-electron chi connectivity index (χ2n) is 6.48. The van der Waals surface area contributed by atoms with Gasteiger partial charge in [0.15, 0.2) is 20.7 Å². The number of methoxy groups -OCH3 is 1. The molecule has 0 bridgehead atoms. The number of rotatable bonds is 7. The Hall–Kier alpha value is -3.17. The van der Waals surface area contributed by atoms with E-state index in [0.717, 1.165) is 11.1 Å². The number of aromatic nitrogens is 1. The number of carbonyl (C=O) groups is 1. The Bertz CT molecular complexity index is 1290. The first kappa shape index (κ1) is 20.1. The molecule has 4 aromatic rings. The summed E-state index contributed by atoms with van der Waals surface area (Å²) in [6.07, 6.45) is -0.156. The molecule has 0 radical (unpaired) electrons. The lowest BCUT2D eigenvalue weighted by Gasteiger charge is -2.04. The van der Waals surface area contributed by atoms with Gasteiger partial charge in [-0.25, -0.2) is 13.4 Å². The molecule has 0 saturated heterocycles. The molecule has 154 valence electrons. The highest BCUT2D eigenvalue weighted by molar-refractivity contribution is 7.91. The number of anilines is 1. The summed E-state index contributed by atoms with van der Waals surface area (Å²) < 4.78 is 35.6. The fraction of sp³-hybridized carbons (Fsp3) is 0.143. The van der Waals surface area contributed by atoms with Crippen LogP contribution in [0.4, 0.5) is 5.13 Å². The van der Waals surface area contributed by atoms with Crippen molar-refractivity contribution in [1.29, 1.82) is 0 Å². The predicted molar refractivity (Wildman–Crippen MR) is 116 cm³/mol. The van der Waals surface area contributed by atoms with Crippen LogP contribution in [0.5, 0.6) is 5.75 Å². The van der Waals surface area contributed by atoms with Gasteiger partial charge in [-0.15, -0.1) is 11.3 Å². The van der Waals surface area contributed by atoms with E-state index in [0.29, 0.717) is 22.2 Å². The first-order valence-corrected chi connectivity index (χ1v) is 11.6. The molecule has 0 saturated carbocycles. The van der Waals surface area contributed by atoms with Crippen LogP contribution >= 0.6 is 11.3 Å². The average Bonchev–Trinajstić information content (AvgIpc) is 3.39. The Morgan fingerprint density at radius 1 is 1.17 bits per heavy atom. The number of ether oxygens (including phenoxy) is 1. The lowest BCUT2D eigenvalue weighted by Crippen LogP contribution is -2.17. The van der Waals surface area contributed by atoms with Gasteiger partial charge in [-0.1, -0.05) is 18.2 Å². The maximum Gasteiger partial charge on any atom is 0.227 e. The molecule has 0 unspecified atom stereocenters. The second kappa shape index (κ2) is 8.29. The maximum absolute atomic E-state index is 12.3. The first-order valence-electron chi connectivity index (χ1n) is 9.06. The Morgan fingerprint density at radius 3 is 2.73 bits per heavy atom. The van der Waals surface area contributed by atoms with E-state index in [1.807, 2.05) is 24.3 Å². The molecule has 1 amide bonds.